The first kappa shape index (κ1) is 42.2. The van der Waals surface area contributed by atoms with Crippen molar-refractivity contribution in [3.63, 3.8) is 0 Å². The zero-order chi connectivity index (χ0) is 43.0. The molecule has 16 heteroatoms. The van der Waals surface area contributed by atoms with Crippen LogP contribution >= 0.6 is 30.7 Å². The second-order valence-electron chi connectivity index (χ2n) is 15.5. The number of rotatable bonds is 16. The number of ketones is 2. The first-order chi connectivity index (χ1) is 29.3. The predicted octanol–water partition coefficient (Wildman–Crippen LogP) is 7.62. The first-order valence-corrected chi connectivity index (χ1v) is 23.7. The van der Waals surface area contributed by atoms with E-state index in [1.54, 1.807) is 35.4 Å². The van der Waals surface area contributed by atoms with Crippen LogP contribution in [0.4, 0.5) is 5.69 Å². The van der Waals surface area contributed by atoms with Crippen molar-refractivity contribution in [1.29, 1.82) is 0 Å². The van der Waals surface area contributed by atoms with E-state index in [1.807, 2.05) is 60.7 Å². The lowest BCUT2D eigenvalue weighted by molar-refractivity contribution is -0.138. The number of alkyl halides is 1. The Labute approximate surface area is 359 Å². The smallest absolute Gasteiger partial charge is 0.311 e. The zero-order valence-corrected chi connectivity index (χ0v) is 35.6. The molecule has 4 aromatic carbocycles. The summed E-state index contributed by atoms with van der Waals surface area (Å²) in [6.45, 7) is 0.0940. The fourth-order valence-electron chi connectivity index (χ4n) is 8.15. The number of H-pyrrole nitrogens is 2. The van der Waals surface area contributed by atoms with Gasteiger partial charge in [0.15, 0.2) is 5.78 Å². The van der Waals surface area contributed by atoms with Crippen molar-refractivity contribution in [1.82, 2.24) is 14.9 Å². The van der Waals surface area contributed by atoms with Gasteiger partial charge in [0.1, 0.15) is 17.2 Å². The van der Waals surface area contributed by atoms with Crippen LogP contribution < -0.4 is 9.64 Å². The van der Waals surface area contributed by atoms with Crippen molar-refractivity contribution in [2.24, 2.45) is 0 Å². The first-order valence-electron chi connectivity index (χ1n) is 19.9. The van der Waals surface area contributed by atoms with Crippen LogP contribution in [-0.4, -0.2) is 97.8 Å². The van der Waals surface area contributed by atoms with E-state index in [1.165, 1.54) is 11.8 Å². The van der Waals surface area contributed by atoms with Gasteiger partial charge in [-0.3, -0.25) is 38.2 Å². The van der Waals surface area contributed by atoms with Gasteiger partial charge >= 0.3 is 5.97 Å². The van der Waals surface area contributed by atoms with E-state index in [2.05, 4.69) is 9.97 Å². The summed E-state index contributed by atoms with van der Waals surface area (Å²) < 4.78 is 18.7. The number of likely N-dealkylation sites (tertiary alicyclic amines) is 1. The highest BCUT2D eigenvalue weighted by Gasteiger charge is 2.39. The summed E-state index contributed by atoms with van der Waals surface area (Å²) >= 11 is 7.76. The van der Waals surface area contributed by atoms with Gasteiger partial charge < -0.3 is 24.5 Å². The van der Waals surface area contributed by atoms with Crippen LogP contribution in [0, 0.1) is 0 Å². The molecular weight excluding hydrogens is 839 g/mol. The van der Waals surface area contributed by atoms with Crippen LogP contribution in [0.1, 0.15) is 63.7 Å². The van der Waals surface area contributed by atoms with Gasteiger partial charge in [-0.15, -0.1) is 11.6 Å². The molecule has 3 amide bonds. The molecule has 3 N–H and O–H groups in total. The Balaban J connectivity index is 0.933. The summed E-state index contributed by atoms with van der Waals surface area (Å²) in [6.07, 6.45) is 0.535. The molecule has 0 aliphatic carbocycles. The Bertz CT molecular complexity index is 2790. The average molecular weight is 881 g/mol. The molecular formula is C45H42ClN4O9PS. The lowest BCUT2D eigenvalue weighted by Crippen LogP contribution is -2.34. The fourth-order valence-corrected chi connectivity index (χ4v) is 10.4. The third-order valence-electron chi connectivity index (χ3n) is 11.4. The van der Waals surface area contributed by atoms with Crippen molar-refractivity contribution >= 4 is 104 Å². The van der Waals surface area contributed by atoms with E-state index in [0.29, 0.717) is 22.5 Å². The number of imide groups is 1. The van der Waals surface area contributed by atoms with Crippen LogP contribution in [-0.2, 0) is 30.2 Å². The van der Waals surface area contributed by atoms with Crippen LogP contribution in [0.15, 0.2) is 84.9 Å². The van der Waals surface area contributed by atoms with Gasteiger partial charge in [-0.1, -0.05) is 48.5 Å². The van der Waals surface area contributed by atoms with E-state index in [-0.39, 0.29) is 98.6 Å². The maximum Gasteiger partial charge on any atom is 0.311 e. The molecule has 13 nitrogen and oxygen atoms in total. The van der Waals surface area contributed by atoms with Crippen LogP contribution in [0.25, 0.3) is 32.6 Å². The van der Waals surface area contributed by atoms with Crippen molar-refractivity contribution < 1.29 is 43.0 Å². The van der Waals surface area contributed by atoms with Gasteiger partial charge in [0.25, 0.3) is 5.91 Å². The molecule has 3 atom stereocenters. The van der Waals surface area contributed by atoms with Gasteiger partial charge in [0.2, 0.25) is 19.2 Å². The number of hydrogen-bond acceptors (Lipinski definition) is 9. The molecule has 6 aromatic rings. The summed E-state index contributed by atoms with van der Waals surface area (Å²) in [7, 11) is -3.84. The van der Waals surface area contributed by atoms with Crippen molar-refractivity contribution in [3.8, 4) is 5.75 Å². The number of benzene rings is 4. The minimum Gasteiger partial charge on any atom is -0.426 e. The third kappa shape index (κ3) is 8.81. The number of esters is 1. The van der Waals surface area contributed by atoms with E-state index >= 15 is 0 Å². The van der Waals surface area contributed by atoms with Gasteiger partial charge in [-0.25, -0.2) is 0 Å². The maximum absolute atomic E-state index is 14.3. The average Bonchev–Trinajstić information content (AvgIpc) is 4.04. The third-order valence-corrected chi connectivity index (χ3v) is 14.5. The number of fused-ring (bicyclic) bond motifs is 5. The molecule has 0 bridgehead atoms. The van der Waals surface area contributed by atoms with Gasteiger partial charge in [0.05, 0.1) is 23.1 Å². The summed E-state index contributed by atoms with van der Waals surface area (Å²) in [5.74, 6) is -2.02. The van der Waals surface area contributed by atoms with Gasteiger partial charge in [-0.2, -0.15) is 11.8 Å². The standard InChI is InChI=1S/C45H42ClN4O9PS/c1-61-40-23-41(53)49(45(40)56)15-17-60(57,58)16-14-30(51)11-13-42(54)59-39-22-37-43(32-8-4-3-7-31(32)39)29(24-46)25-50(37)44(55)36-21-28-18-26(10-12-34(28)48-36)19-38(52)35-20-27-6-2-5-9-33(27)47-35/h2-10,12,18,20-22,29,40,47-48H,11,13-17,19,23-25H2,1H3,(H,57,58)/t29-,40?/m1/s1. The van der Waals surface area contributed by atoms with Crippen LogP contribution in [0.2, 0.25) is 0 Å². The zero-order valence-electron chi connectivity index (χ0n) is 33.1. The highest BCUT2D eigenvalue weighted by atomic mass is 35.5. The predicted molar refractivity (Wildman–Crippen MR) is 236 cm³/mol. The van der Waals surface area contributed by atoms with E-state index < -0.39 is 24.4 Å². The largest absolute Gasteiger partial charge is 0.426 e. The number of aromatic amines is 2. The monoisotopic (exact) mass is 880 g/mol. The second kappa shape index (κ2) is 17.4. The van der Waals surface area contributed by atoms with Crippen molar-refractivity contribution in [3.05, 3.63) is 107 Å². The topological polar surface area (TPSA) is 187 Å². The normalized spacial score (nSPS) is 17.4. The maximum atomic E-state index is 14.3. The summed E-state index contributed by atoms with van der Waals surface area (Å²) in [5, 5.41) is 2.63. The number of Topliss-reactive ketones (excluding diaryl/α,β-unsaturated/α-hetero) is 2. The number of thioether (sulfide) groups is 1. The molecule has 2 aliphatic rings. The SMILES string of the molecule is CSC1CC(=O)N(CCP(=O)(O)CCC(=O)CCC(=O)Oc2cc3c(c4ccccc24)[C@H](CCl)CN3C(=O)c2cc3cc(CC(=O)c4cc5ccccc5[nH]4)ccc3[nH]2)C1=O. The number of carbonyl (C=O) groups is 6. The highest BCUT2D eigenvalue weighted by molar-refractivity contribution is 8.00. The van der Waals surface area contributed by atoms with E-state index in [0.717, 1.165) is 43.2 Å². The molecule has 61 heavy (non-hydrogen) atoms. The number of hydrogen-bond donors (Lipinski definition) is 3. The second-order valence-corrected chi connectivity index (χ2v) is 19.4. The fraction of sp³-hybridized carbons (Fsp3) is 0.289. The molecule has 1 fully saturated rings. The lowest BCUT2D eigenvalue weighted by atomic mass is 9.95. The number of aromatic nitrogens is 2. The molecule has 0 spiro atoms. The minimum atomic E-state index is -3.84. The van der Waals surface area contributed by atoms with Gasteiger partial charge in [0, 0.05) is 96.2 Å². The number of amides is 3. The molecule has 1 saturated heterocycles. The van der Waals surface area contributed by atoms with Crippen LogP contribution in [0.5, 0.6) is 5.75 Å². The molecule has 4 heterocycles. The Kier molecular flexibility index (Phi) is 12.1. The lowest BCUT2D eigenvalue weighted by Gasteiger charge is -2.19. The Morgan fingerprint density at radius 2 is 1.59 bits per heavy atom. The number of halogens is 1. The summed E-state index contributed by atoms with van der Waals surface area (Å²) in [4.78, 5) is 97.5. The molecule has 2 aliphatic heterocycles. The summed E-state index contributed by atoms with van der Waals surface area (Å²) in [6, 6.07) is 25.9. The van der Waals surface area contributed by atoms with Crippen molar-refractivity contribution in [2.45, 2.75) is 43.3 Å². The highest BCUT2D eigenvalue weighted by Crippen LogP contribution is 2.46. The quantitative estimate of drug-likeness (QED) is 0.0218. The molecule has 0 saturated carbocycles. The molecule has 2 aromatic heterocycles. The number of carbonyl (C=O) groups excluding carboxylic acids is 6. The number of ether oxygens (including phenoxy) is 1. The molecule has 2 unspecified atom stereocenters. The van der Waals surface area contributed by atoms with E-state index in [9.17, 15) is 38.2 Å². The molecule has 0 radical (unpaired) electrons. The van der Waals surface area contributed by atoms with Crippen molar-refractivity contribution in [2.75, 3.05) is 42.4 Å². The number of anilines is 1. The van der Waals surface area contributed by atoms with Crippen LogP contribution in [0.3, 0.4) is 0 Å². The number of nitrogens with zero attached hydrogens (tertiary/aromatic N) is 2. The molecule has 314 valence electrons. The Morgan fingerprint density at radius 3 is 2.34 bits per heavy atom. The number of nitrogens with one attached hydrogen (secondary N) is 2. The summed E-state index contributed by atoms with van der Waals surface area (Å²) in [5.41, 5.74) is 4.65. The Hall–Kier alpha value is -5.53. The van der Waals surface area contributed by atoms with Gasteiger partial charge in [-0.05, 0) is 53.1 Å². The Morgan fingerprint density at radius 1 is 0.869 bits per heavy atom. The van der Waals surface area contributed by atoms with E-state index in [4.69, 9.17) is 16.3 Å². The minimum absolute atomic E-state index is 0.0548. The molecule has 8 rings (SSSR count). The number of para-hydroxylation sites is 1.